The number of hydrogen-bond donors (Lipinski definition) is 2. The van der Waals surface area contributed by atoms with Crippen LogP contribution in [0.15, 0.2) is 52.5 Å². The van der Waals surface area contributed by atoms with E-state index in [1.807, 2.05) is 34.3 Å². The predicted molar refractivity (Wildman–Crippen MR) is 90.4 cm³/mol. The van der Waals surface area contributed by atoms with Crippen LogP contribution in [0.1, 0.15) is 19.4 Å². The maximum atomic E-state index is 9.88. The monoisotopic (exact) mass is 336 g/mol. The smallest absolute Gasteiger partial charge is 0.176 e. The molecule has 0 amide bonds. The molecule has 3 aromatic heterocycles. The molecule has 0 aliphatic heterocycles. The van der Waals surface area contributed by atoms with Crippen LogP contribution in [0, 0.1) is 0 Å². The van der Waals surface area contributed by atoms with Crippen molar-refractivity contribution >= 4 is 51.8 Å². The summed E-state index contributed by atoms with van der Waals surface area (Å²) in [5.41, 5.74) is 0. The molecule has 3 aromatic rings. The molecule has 108 valence electrons. The fraction of sp³-hybridized carbons (Fsp3) is 0. The van der Waals surface area contributed by atoms with Crippen molar-refractivity contribution in [2.24, 2.45) is 0 Å². The lowest BCUT2D eigenvalue weighted by Crippen LogP contribution is -1.85. The van der Waals surface area contributed by atoms with Gasteiger partial charge >= 0.3 is 0 Å². The summed E-state index contributed by atoms with van der Waals surface area (Å²) in [4.78, 5) is 12.0. The summed E-state index contributed by atoms with van der Waals surface area (Å²) >= 11 is 4.24. The molecule has 0 atom stereocenters. The first kappa shape index (κ1) is 15.5. The Labute approximate surface area is 134 Å². The molecule has 6 heteroatoms. The number of aliphatic hydroxyl groups excluding tert-OH is 2. The average molecular weight is 336 g/mol. The van der Waals surface area contributed by atoms with Crippen LogP contribution in [0.5, 0.6) is 0 Å². The van der Waals surface area contributed by atoms with Gasteiger partial charge < -0.3 is 10.2 Å². The third kappa shape index (κ3) is 4.29. The van der Waals surface area contributed by atoms with Crippen LogP contribution in [0.25, 0.3) is 11.5 Å². The average Bonchev–Trinajstić information content (AvgIpc) is 3.29. The zero-order valence-corrected chi connectivity index (χ0v) is 13.3. The Bertz CT molecular complexity index is 638. The molecule has 0 saturated heterocycles. The molecule has 0 saturated carbocycles. The predicted octanol–water partition coefficient (Wildman–Crippen LogP) is 5.31. The van der Waals surface area contributed by atoms with Gasteiger partial charge in [-0.3, -0.25) is 4.79 Å². The van der Waals surface area contributed by atoms with E-state index in [0.29, 0.717) is 9.75 Å². The quantitative estimate of drug-likeness (QED) is 0.503. The maximum Gasteiger partial charge on any atom is 0.176 e. The second kappa shape index (κ2) is 7.78. The van der Waals surface area contributed by atoms with Crippen LogP contribution in [0.3, 0.4) is 0 Å². The van der Waals surface area contributed by atoms with E-state index in [-0.39, 0.29) is 11.5 Å². The van der Waals surface area contributed by atoms with E-state index in [9.17, 15) is 15.0 Å². The van der Waals surface area contributed by atoms with Gasteiger partial charge in [0.25, 0.3) is 0 Å². The molecule has 0 aliphatic rings. The summed E-state index contributed by atoms with van der Waals surface area (Å²) in [5, 5.41) is 25.0. The topological polar surface area (TPSA) is 57.5 Å². The fourth-order valence-electron chi connectivity index (χ4n) is 1.42. The third-order valence-electron chi connectivity index (χ3n) is 2.39. The standard InChI is InChI=1S/C10H8O2S2.C5H4OS/c11-9(7-3-1-5-13-7)10(12)8-4-2-6-14-8;6-4-5-2-1-3-7-5/h1-6,11-12H;1-4H/b10-9+;. The molecule has 2 N–H and O–H groups in total. The number of thiophene rings is 3. The van der Waals surface area contributed by atoms with Gasteiger partial charge in [-0.15, -0.1) is 34.0 Å². The zero-order chi connectivity index (χ0) is 15.1. The van der Waals surface area contributed by atoms with Crippen molar-refractivity contribution < 1.29 is 15.0 Å². The number of carbonyl (C=O) groups is 1. The molecule has 0 aromatic carbocycles. The number of rotatable bonds is 3. The van der Waals surface area contributed by atoms with Gasteiger partial charge in [-0.1, -0.05) is 18.2 Å². The first-order valence-corrected chi connectivity index (χ1v) is 8.55. The second-order valence-electron chi connectivity index (χ2n) is 3.79. The Morgan fingerprint density at radius 2 is 1.29 bits per heavy atom. The van der Waals surface area contributed by atoms with Crippen molar-refractivity contribution in [1.82, 2.24) is 0 Å². The Morgan fingerprint density at radius 1 is 0.810 bits per heavy atom. The summed E-state index contributed by atoms with van der Waals surface area (Å²) in [5.74, 6) is -0.107. The number of aldehydes is 1. The highest BCUT2D eigenvalue weighted by Gasteiger charge is 2.10. The molecule has 0 spiro atoms. The Balaban J connectivity index is 0.000000194. The molecule has 3 heterocycles. The molecule has 0 aliphatic carbocycles. The lowest BCUT2D eigenvalue weighted by molar-refractivity contribution is 0.112. The summed E-state index contributed by atoms with van der Waals surface area (Å²) in [6.45, 7) is 0. The van der Waals surface area contributed by atoms with Crippen LogP contribution in [0.2, 0.25) is 0 Å². The summed E-state index contributed by atoms with van der Waals surface area (Å²) in [7, 11) is 0. The van der Waals surface area contributed by atoms with Crippen molar-refractivity contribution in [1.29, 1.82) is 0 Å². The Hall–Kier alpha value is -1.89. The van der Waals surface area contributed by atoms with Crippen LogP contribution in [0.4, 0.5) is 0 Å². The summed E-state index contributed by atoms with van der Waals surface area (Å²) in [6.07, 6.45) is 0.852. The number of carbonyl (C=O) groups excluding carboxylic acids is 1. The molecule has 3 rings (SSSR count). The van der Waals surface area contributed by atoms with E-state index < -0.39 is 0 Å². The van der Waals surface area contributed by atoms with Crippen molar-refractivity contribution in [3.8, 4) is 0 Å². The minimum absolute atomic E-state index is 0.0533. The van der Waals surface area contributed by atoms with Gasteiger partial charge in [-0.05, 0) is 34.3 Å². The molecule has 0 radical (unpaired) electrons. The molecule has 0 unspecified atom stereocenters. The maximum absolute atomic E-state index is 9.88. The minimum atomic E-state index is -0.0533. The molecule has 21 heavy (non-hydrogen) atoms. The van der Waals surface area contributed by atoms with Crippen molar-refractivity contribution in [3.63, 3.8) is 0 Å². The van der Waals surface area contributed by atoms with Gasteiger partial charge in [0.05, 0.1) is 14.6 Å². The Morgan fingerprint density at radius 3 is 1.57 bits per heavy atom. The summed E-state index contributed by atoms with van der Waals surface area (Å²) < 4.78 is 0. The van der Waals surface area contributed by atoms with Crippen molar-refractivity contribution in [3.05, 3.63) is 67.2 Å². The first-order chi connectivity index (χ1) is 10.2. The molecule has 0 fully saturated rings. The van der Waals surface area contributed by atoms with E-state index in [0.717, 1.165) is 11.2 Å². The lowest BCUT2D eigenvalue weighted by atomic mass is 10.3. The van der Waals surface area contributed by atoms with Crippen molar-refractivity contribution in [2.75, 3.05) is 0 Å². The highest BCUT2D eigenvalue weighted by Crippen LogP contribution is 2.27. The van der Waals surface area contributed by atoms with Gasteiger partial charge in [0, 0.05) is 0 Å². The first-order valence-electron chi connectivity index (χ1n) is 5.91. The van der Waals surface area contributed by atoms with Crippen LogP contribution in [-0.4, -0.2) is 16.5 Å². The molecule has 0 bridgehead atoms. The largest absolute Gasteiger partial charge is 0.503 e. The zero-order valence-electron chi connectivity index (χ0n) is 10.8. The van der Waals surface area contributed by atoms with E-state index in [2.05, 4.69) is 0 Å². The highest BCUT2D eigenvalue weighted by molar-refractivity contribution is 7.12. The molecular weight excluding hydrogens is 324 g/mol. The van der Waals surface area contributed by atoms with Gasteiger partial charge in [0.2, 0.25) is 0 Å². The van der Waals surface area contributed by atoms with Crippen LogP contribution >= 0.6 is 34.0 Å². The molecule has 3 nitrogen and oxygen atoms in total. The third-order valence-corrected chi connectivity index (χ3v) is 4.94. The van der Waals surface area contributed by atoms with E-state index in [4.69, 9.17) is 0 Å². The highest BCUT2D eigenvalue weighted by atomic mass is 32.1. The second-order valence-corrected chi connectivity index (χ2v) is 6.66. The van der Waals surface area contributed by atoms with E-state index in [1.54, 1.807) is 18.2 Å². The van der Waals surface area contributed by atoms with Gasteiger partial charge in [0.15, 0.2) is 17.8 Å². The van der Waals surface area contributed by atoms with Gasteiger partial charge in [-0.2, -0.15) is 0 Å². The van der Waals surface area contributed by atoms with Crippen LogP contribution in [-0.2, 0) is 0 Å². The SMILES string of the molecule is O/C(=C(/O)c1cccs1)c1cccs1.O=Cc1cccs1. The van der Waals surface area contributed by atoms with Crippen molar-refractivity contribution in [2.45, 2.75) is 0 Å². The molecular formula is C15H12O3S3. The van der Waals surface area contributed by atoms with E-state index in [1.165, 1.54) is 34.0 Å². The minimum Gasteiger partial charge on any atom is -0.503 e. The van der Waals surface area contributed by atoms with Gasteiger partial charge in [0.1, 0.15) is 0 Å². The number of aliphatic hydroxyl groups is 2. The lowest BCUT2D eigenvalue weighted by Gasteiger charge is -1.99. The summed E-state index contributed by atoms with van der Waals surface area (Å²) in [6, 6.07) is 10.8. The van der Waals surface area contributed by atoms with Crippen LogP contribution < -0.4 is 0 Å². The number of hydrogen-bond acceptors (Lipinski definition) is 6. The fourth-order valence-corrected chi connectivity index (χ4v) is 3.28. The van der Waals surface area contributed by atoms with Gasteiger partial charge in [-0.25, -0.2) is 0 Å². The Kier molecular flexibility index (Phi) is 5.74. The normalized spacial score (nSPS) is 11.2. The van der Waals surface area contributed by atoms with E-state index >= 15 is 0 Å².